The molecule has 1 aliphatic rings. The first-order valence-electron chi connectivity index (χ1n) is 4.60. The lowest BCUT2D eigenvalue weighted by Gasteiger charge is -2.22. The SMILES string of the molecule is CC(C)OC1C(Cl)CC(Cl)C1C(=O)O. The molecule has 1 aliphatic carbocycles. The van der Waals surface area contributed by atoms with E-state index in [2.05, 4.69) is 0 Å². The van der Waals surface area contributed by atoms with Gasteiger partial charge in [-0.25, -0.2) is 0 Å². The van der Waals surface area contributed by atoms with E-state index < -0.39 is 23.4 Å². The van der Waals surface area contributed by atoms with E-state index in [1.165, 1.54) is 0 Å². The van der Waals surface area contributed by atoms with Crippen molar-refractivity contribution in [2.24, 2.45) is 5.92 Å². The Hall–Kier alpha value is 0.01000. The normalized spacial score (nSPS) is 37.8. The molecule has 4 atom stereocenters. The van der Waals surface area contributed by atoms with E-state index >= 15 is 0 Å². The summed E-state index contributed by atoms with van der Waals surface area (Å²) in [6.07, 6.45) is -0.0287. The van der Waals surface area contributed by atoms with Crippen LogP contribution in [0.3, 0.4) is 0 Å². The van der Waals surface area contributed by atoms with Crippen LogP contribution in [0.15, 0.2) is 0 Å². The lowest BCUT2D eigenvalue weighted by Crippen LogP contribution is -2.35. The number of ether oxygens (including phenoxy) is 1. The zero-order chi connectivity index (χ0) is 10.9. The molecule has 0 radical (unpaired) electrons. The molecule has 14 heavy (non-hydrogen) atoms. The van der Waals surface area contributed by atoms with Gasteiger partial charge in [0.25, 0.3) is 0 Å². The van der Waals surface area contributed by atoms with Crippen LogP contribution in [0.1, 0.15) is 20.3 Å². The zero-order valence-electron chi connectivity index (χ0n) is 8.11. The highest BCUT2D eigenvalue weighted by Crippen LogP contribution is 2.37. The highest BCUT2D eigenvalue weighted by Gasteiger charge is 2.47. The molecular weight excluding hydrogens is 227 g/mol. The Kier molecular flexibility index (Phi) is 4.04. The molecule has 1 N–H and O–H groups in total. The van der Waals surface area contributed by atoms with Gasteiger partial charge in [-0.2, -0.15) is 0 Å². The quantitative estimate of drug-likeness (QED) is 0.769. The van der Waals surface area contributed by atoms with E-state index in [4.69, 9.17) is 33.0 Å². The van der Waals surface area contributed by atoms with Gasteiger partial charge in [0.05, 0.1) is 23.0 Å². The molecule has 0 spiro atoms. The van der Waals surface area contributed by atoms with E-state index in [0.717, 1.165) is 0 Å². The Labute approximate surface area is 93.3 Å². The molecule has 0 aromatic rings. The summed E-state index contributed by atoms with van der Waals surface area (Å²) in [4.78, 5) is 10.9. The monoisotopic (exact) mass is 240 g/mol. The predicted molar refractivity (Wildman–Crippen MR) is 55.0 cm³/mol. The lowest BCUT2D eigenvalue weighted by molar-refractivity contribution is -0.146. The molecular formula is C9H14Cl2O3. The average molecular weight is 241 g/mol. The molecule has 1 saturated carbocycles. The van der Waals surface area contributed by atoms with E-state index in [0.29, 0.717) is 6.42 Å². The van der Waals surface area contributed by atoms with Gasteiger partial charge >= 0.3 is 5.97 Å². The maximum Gasteiger partial charge on any atom is 0.310 e. The number of carboxylic acid groups (broad SMARTS) is 1. The minimum atomic E-state index is -0.932. The van der Waals surface area contributed by atoms with Crippen molar-refractivity contribution in [2.75, 3.05) is 0 Å². The molecule has 4 unspecified atom stereocenters. The van der Waals surface area contributed by atoms with Gasteiger partial charge in [-0.05, 0) is 20.3 Å². The van der Waals surface area contributed by atoms with E-state index in [-0.39, 0.29) is 11.5 Å². The van der Waals surface area contributed by atoms with Gasteiger partial charge in [0.1, 0.15) is 5.92 Å². The maximum atomic E-state index is 10.9. The summed E-state index contributed by atoms with van der Waals surface area (Å²) in [5.74, 6) is -1.62. The number of alkyl halides is 2. The average Bonchev–Trinajstić information content (AvgIpc) is 2.25. The largest absolute Gasteiger partial charge is 0.481 e. The van der Waals surface area contributed by atoms with Crippen LogP contribution in [0, 0.1) is 5.92 Å². The van der Waals surface area contributed by atoms with Gasteiger partial charge in [0.2, 0.25) is 0 Å². The summed E-state index contributed by atoms with van der Waals surface area (Å²) in [6, 6.07) is 0. The van der Waals surface area contributed by atoms with Crippen LogP contribution in [0.5, 0.6) is 0 Å². The second-order valence-corrected chi connectivity index (χ2v) is 4.90. The first kappa shape index (κ1) is 12.1. The lowest BCUT2D eigenvalue weighted by atomic mass is 10.1. The van der Waals surface area contributed by atoms with Crippen molar-refractivity contribution in [1.29, 1.82) is 0 Å². The molecule has 3 nitrogen and oxygen atoms in total. The van der Waals surface area contributed by atoms with Gasteiger partial charge in [-0.15, -0.1) is 23.2 Å². The van der Waals surface area contributed by atoms with Crippen LogP contribution < -0.4 is 0 Å². The van der Waals surface area contributed by atoms with Gasteiger partial charge in [-0.3, -0.25) is 4.79 Å². The second-order valence-electron chi connectivity index (χ2n) is 3.78. The summed E-state index contributed by atoms with van der Waals surface area (Å²) < 4.78 is 5.47. The maximum absolute atomic E-state index is 10.9. The predicted octanol–water partition coefficient (Wildman–Crippen LogP) is 2.10. The van der Waals surface area contributed by atoms with Crippen LogP contribution >= 0.6 is 23.2 Å². The smallest absolute Gasteiger partial charge is 0.310 e. The van der Waals surface area contributed by atoms with Crippen LogP contribution in [-0.2, 0) is 9.53 Å². The fourth-order valence-corrected chi connectivity index (χ4v) is 2.65. The van der Waals surface area contributed by atoms with Crippen molar-refractivity contribution in [1.82, 2.24) is 0 Å². The van der Waals surface area contributed by atoms with Crippen LogP contribution in [0.4, 0.5) is 0 Å². The second kappa shape index (κ2) is 4.69. The van der Waals surface area contributed by atoms with Crippen molar-refractivity contribution >= 4 is 29.2 Å². The summed E-state index contributed by atoms with van der Waals surface area (Å²) in [5, 5.41) is 8.23. The number of rotatable bonds is 3. The molecule has 5 heteroatoms. The topological polar surface area (TPSA) is 46.5 Å². The Morgan fingerprint density at radius 2 is 2.00 bits per heavy atom. The van der Waals surface area contributed by atoms with Crippen molar-refractivity contribution in [3.63, 3.8) is 0 Å². The van der Waals surface area contributed by atoms with Crippen LogP contribution in [0.25, 0.3) is 0 Å². The molecule has 0 aliphatic heterocycles. The third-order valence-electron chi connectivity index (χ3n) is 2.26. The highest BCUT2D eigenvalue weighted by molar-refractivity contribution is 6.26. The Morgan fingerprint density at radius 3 is 2.43 bits per heavy atom. The highest BCUT2D eigenvalue weighted by atomic mass is 35.5. The summed E-state index contributed by atoms with van der Waals surface area (Å²) in [5.41, 5.74) is 0. The molecule has 0 amide bonds. The van der Waals surface area contributed by atoms with E-state index in [1.807, 2.05) is 13.8 Å². The number of carboxylic acids is 1. The number of halogens is 2. The molecule has 82 valence electrons. The first-order chi connectivity index (χ1) is 6.43. The van der Waals surface area contributed by atoms with Gasteiger partial charge < -0.3 is 9.84 Å². The van der Waals surface area contributed by atoms with Gasteiger partial charge in [0, 0.05) is 0 Å². The van der Waals surface area contributed by atoms with E-state index in [1.54, 1.807) is 0 Å². The molecule has 0 aromatic heterocycles. The third-order valence-corrected chi connectivity index (χ3v) is 3.14. The van der Waals surface area contributed by atoms with Crippen molar-refractivity contribution in [2.45, 2.75) is 43.2 Å². The molecule has 0 saturated heterocycles. The molecule has 0 heterocycles. The van der Waals surface area contributed by atoms with Crippen molar-refractivity contribution in [3.05, 3.63) is 0 Å². The van der Waals surface area contributed by atoms with Crippen LogP contribution in [-0.4, -0.2) is 34.0 Å². The summed E-state index contributed by atoms with van der Waals surface area (Å²) >= 11 is 11.9. The number of carbonyl (C=O) groups is 1. The minimum absolute atomic E-state index is 0.0370. The number of hydrogen-bond acceptors (Lipinski definition) is 2. The summed E-state index contributed by atoms with van der Waals surface area (Å²) in [6.45, 7) is 3.70. The zero-order valence-corrected chi connectivity index (χ0v) is 9.63. The molecule has 1 rings (SSSR count). The standard InChI is InChI=1S/C9H14Cl2O3/c1-4(2)14-8-6(11)3-5(10)7(8)9(12)13/h4-8H,3H2,1-2H3,(H,12,13). The molecule has 0 bridgehead atoms. The first-order valence-corrected chi connectivity index (χ1v) is 5.47. The third kappa shape index (κ3) is 2.53. The van der Waals surface area contributed by atoms with E-state index in [9.17, 15) is 4.79 Å². The number of aliphatic carboxylic acids is 1. The van der Waals surface area contributed by atoms with Crippen molar-refractivity contribution < 1.29 is 14.6 Å². The van der Waals surface area contributed by atoms with Gasteiger partial charge in [-0.1, -0.05) is 0 Å². The Morgan fingerprint density at radius 1 is 1.43 bits per heavy atom. The van der Waals surface area contributed by atoms with Crippen LogP contribution in [0.2, 0.25) is 0 Å². The van der Waals surface area contributed by atoms with Gasteiger partial charge in [0.15, 0.2) is 0 Å². The van der Waals surface area contributed by atoms with Crippen molar-refractivity contribution in [3.8, 4) is 0 Å². The molecule has 0 aromatic carbocycles. The number of hydrogen-bond donors (Lipinski definition) is 1. The minimum Gasteiger partial charge on any atom is -0.481 e. The summed E-state index contributed by atoms with van der Waals surface area (Å²) in [7, 11) is 0. The Balaban J connectivity index is 2.73. The Bertz CT molecular complexity index is 220. The molecule has 1 fully saturated rings. The fraction of sp³-hybridized carbons (Fsp3) is 0.889. The fourth-order valence-electron chi connectivity index (χ4n) is 1.71.